The number of carbonyl (C=O) groups is 1. The van der Waals surface area contributed by atoms with Gasteiger partial charge in [0.25, 0.3) is 5.91 Å². The Morgan fingerprint density at radius 2 is 1.91 bits per heavy atom. The first-order valence-electron chi connectivity index (χ1n) is 9.34. The van der Waals surface area contributed by atoms with Crippen molar-refractivity contribution in [2.24, 2.45) is 0 Å². The van der Waals surface area contributed by atoms with Crippen molar-refractivity contribution in [3.8, 4) is 5.75 Å². The molecule has 0 aliphatic carbocycles. The average molecular weight is 483 g/mol. The fourth-order valence-electron chi connectivity index (χ4n) is 3.31. The third kappa shape index (κ3) is 4.59. The largest absolute Gasteiger partial charge is 0.417 e. The van der Waals surface area contributed by atoms with E-state index in [1.165, 1.54) is 18.3 Å². The highest BCUT2D eigenvalue weighted by Gasteiger charge is 2.33. The van der Waals surface area contributed by atoms with Crippen LogP contribution in [0.15, 0.2) is 54.7 Å². The molecule has 3 aromatic rings. The molecule has 2 N–H and O–H groups in total. The zero-order valence-corrected chi connectivity index (χ0v) is 17.7. The summed E-state index contributed by atoms with van der Waals surface area (Å²) in [7, 11) is 0. The number of para-hydroxylation sites is 1. The van der Waals surface area contributed by atoms with Crippen molar-refractivity contribution in [3.63, 3.8) is 0 Å². The monoisotopic (exact) mass is 482 g/mol. The van der Waals surface area contributed by atoms with Crippen LogP contribution in [0.3, 0.4) is 0 Å². The molecule has 2 aromatic carbocycles. The van der Waals surface area contributed by atoms with Crippen LogP contribution in [-0.4, -0.2) is 17.4 Å². The van der Waals surface area contributed by atoms with E-state index >= 15 is 0 Å². The fourth-order valence-corrected chi connectivity index (χ4v) is 3.69. The molecular formula is C21H15Cl2F3N4O2. The lowest BCUT2D eigenvalue weighted by Gasteiger charge is -2.19. The van der Waals surface area contributed by atoms with Crippen LogP contribution in [0, 0.1) is 0 Å². The van der Waals surface area contributed by atoms with E-state index in [4.69, 9.17) is 28.0 Å². The Labute approximate surface area is 190 Å². The number of anilines is 2. The zero-order valence-electron chi connectivity index (χ0n) is 16.2. The molecule has 1 amide bonds. The van der Waals surface area contributed by atoms with E-state index in [9.17, 15) is 18.0 Å². The average Bonchev–Trinajstić information content (AvgIpc) is 3.18. The topological polar surface area (TPSA) is 66.5 Å². The lowest BCUT2D eigenvalue weighted by atomic mass is 10.2. The molecule has 1 aromatic heterocycles. The Morgan fingerprint density at radius 1 is 1.12 bits per heavy atom. The standard InChI is InChI=1S/C21H15Cl2F3N4O2/c22-13-9-17(28-29-32-14-5-6-16(23)15(10-14)21(24,25)26)19(27-11-13)20(31)30-8-7-12-3-1-2-4-18(12)30/h1-6,9-11,28-29H,7-8H2. The van der Waals surface area contributed by atoms with Crippen molar-refractivity contribution in [2.75, 3.05) is 16.9 Å². The second-order valence-electron chi connectivity index (χ2n) is 6.85. The van der Waals surface area contributed by atoms with Gasteiger partial charge < -0.3 is 9.74 Å². The number of amides is 1. The zero-order chi connectivity index (χ0) is 22.9. The first kappa shape index (κ1) is 22.2. The summed E-state index contributed by atoms with van der Waals surface area (Å²) in [5.41, 5.74) is 6.01. The maximum absolute atomic E-state index is 13.1. The Bertz CT molecular complexity index is 1170. The summed E-state index contributed by atoms with van der Waals surface area (Å²) in [6, 6.07) is 12.1. The van der Waals surface area contributed by atoms with E-state index in [0.717, 1.165) is 29.8 Å². The van der Waals surface area contributed by atoms with Gasteiger partial charge in [-0.2, -0.15) is 13.2 Å². The number of nitrogens with one attached hydrogen (secondary N) is 2. The first-order chi connectivity index (χ1) is 15.2. The number of aromatic nitrogens is 1. The maximum Gasteiger partial charge on any atom is 0.417 e. The second kappa shape index (κ2) is 8.85. The highest BCUT2D eigenvalue weighted by atomic mass is 35.5. The molecular weight excluding hydrogens is 468 g/mol. The summed E-state index contributed by atoms with van der Waals surface area (Å²) in [5.74, 6) is -0.507. The van der Waals surface area contributed by atoms with Crippen LogP contribution in [0.4, 0.5) is 24.5 Å². The highest BCUT2D eigenvalue weighted by molar-refractivity contribution is 6.31. The van der Waals surface area contributed by atoms with Gasteiger partial charge in [-0.25, -0.2) is 4.98 Å². The van der Waals surface area contributed by atoms with Crippen LogP contribution in [0.1, 0.15) is 21.6 Å². The molecule has 1 aliphatic heterocycles. The van der Waals surface area contributed by atoms with Crippen LogP contribution >= 0.6 is 23.2 Å². The molecule has 0 saturated carbocycles. The molecule has 0 saturated heterocycles. The molecule has 6 nitrogen and oxygen atoms in total. The molecule has 166 valence electrons. The number of halogens is 5. The number of alkyl halides is 3. The van der Waals surface area contributed by atoms with Crippen molar-refractivity contribution < 1.29 is 22.8 Å². The maximum atomic E-state index is 13.1. The summed E-state index contributed by atoms with van der Waals surface area (Å²) in [6.07, 6.45) is -2.58. The molecule has 0 radical (unpaired) electrons. The fraction of sp³-hybridized carbons (Fsp3) is 0.143. The second-order valence-corrected chi connectivity index (χ2v) is 7.70. The quantitative estimate of drug-likeness (QED) is 0.468. The number of hydrogen-bond donors (Lipinski definition) is 2. The van der Waals surface area contributed by atoms with Gasteiger partial charge in [0.2, 0.25) is 0 Å². The molecule has 11 heteroatoms. The number of benzene rings is 2. The van der Waals surface area contributed by atoms with Crippen molar-refractivity contribution in [1.82, 2.24) is 10.6 Å². The van der Waals surface area contributed by atoms with Crippen molar-refractivity contribution in [3.05, 3.63) is 81.6 Å². The van der Waals surface area contributed by atoms with Gasteiger partial charge in [-0.05, 0) is 42.3 Å². The molecule has 0 bridgehead atoms. The molecule has 2 heterocycles. The summed E-state index contributed by atoms with van der Waals surface area (Å²) in [6.45, 7) is 0.497. The number of fused-ring (bicyclic) bond motifs is 1. The van der Waals surface area contributed by atoms with Crippen LogP contribution in [0.5, 0.6) is 5.75 Å². The minimum absolute atomic E-state index is 0.0642. The lowest BCUT2D eigenvalue weighted by molar-refractivity contribution is -0.137. The highest BCUT2D eigenvalue weighted by Crippen LogP contribution is 2.36. The predicted octanol–water partition coefficient (Wildman–Crippen LogP) is 5.52. The van der Waals surface area contributed by atoms with E-state index < -0.39 is 16.8 Å². The minimum Gasteiger partial charge on any atom is -0.389 e. The van der Waals surface area contributed by atoms with E-state index in [0.29, 0.717) is 6.54 Å². The Hall–Kier alpha value is -3.01. The van der Waals surface area contributed by atoms with Gasteiger partial charge in [-0.15, -0.1) is 0 Å². The molecule has 0 unspecified atom stereocenters. The number of nitrogens with zero attached hydrogens (tertiary/aromatic N) is 2. The van der Waals surface area contributed by atoms with E-state index in [1.807, 2.05) is 24.3 Å². The summed E-state index contributed by atoms with van der Waals surface area (Å²) >= 11 is 11.6. The third-order valence-corrected chi connectivity index (χ3v) is 5.32. The minimum atomic E-state index is -4.63. The number of hydrazine groups is 1. The van der Waals surface area contributed by atoms with E-state index in [2.05, 4.69) is 16.0 Å². The molecule has 0 spiro atoms. The van der Waals surface area contributed by atoms with Crippen molar-refractivity contribution >= 4 is 40.5 Å². The van der Waals surface area contributed by atoms with Gasteiger partial charge in [0.05, 0.1) is 21.3 Å². The number of pyridine rings is 1. The van der Waals surface area contributed by atoms with E-state index in [-0.39, 0.29) is 28.1 Å². The van der Waals surface area contributed by atoms with Crippen LogP contribution < -0.4 is 20.8 Å². The lowest BCUT2D eigenvalue weighted by Crippen LogP contribution is -2.32. The molecule has 0 fully saturated rings. The normalized spacial score (nSPS) is 13.1. The Kier molecular flexibility index (Phi) is 6.14. The van der Waals surface area contributed by atoms with Crippen LogP contribution in [0.2, 0.25) is 10.0 Å². The van der Waals surface area contributed by atoms with Gasteiger partial charge in [-0.3, -0.25) is 10.2 Å². The number of rotatable bonds is 5. The van der Waals surface area contributed by atoms with Crippen molar-refractivity contribution in [2.45, 2.75) is 12.6 Å². The van der Waals surface area contributed by atoms with E-state index in [1.54, 1.807) is 4.90 Å². The first-order valence-corrected chi connectivity index (χ1v) is 10.1. The Morgan fingerprint density at radius 3 is 2.69 bits per heavy atom. The molecule has 32 heavy (non-hydrogen) atoms. The van der Waals surface area contributed by atoms with Gasteiger partial charge in [0, 0.05) is 18.4 Å². The molecule has 0 atom stereocenters. The van der Waals surface area contributed by atoms with Gasteiger partial charge in [0.1, 0.15) is 5.75 Å². The van der Waals surface area contributed by atoms with Crippen LogP contribution in [-0.2, 0) is 12.6 Å². The molecule has 4 rings (SSSR count). The predicted molar refractivity (Wildman–Crippen MR) is 115 cm³/mol. The number of carbonyl (C=O) groups excluding carboxylic acids is 1. The smallest absolute Gasteiger partial charge is 0.389 e. The third-order valence-electron chi connectivity index (χ3n) is 4.79. The summed E-state index contributed by atoms with van der Waals surface area (Å²) in [5, 5.41) is -0.200. The number of hydrogen-bond acceptors (Lipinski definition) is 5. The van der Waals surface area contributed by atoms with Gasteiger partial charge in [-0.1, -0.05) is 47.0 Å². The molecule has 1 aliphatic rings. The Balaban J connectivity index is 1.51. The SMILES string of the molecule is O=C(c1ncc(Cl)cc1NNOc1ccc(Cl)c(C(F)(F)F)c1)N1CCc2ccccc21. The van der Waals surface area contributed by atoms with Crippen LogP contribution in [0.25, 0.3) is 0 Å². The van der Waals surface area contributed by atoms with Gasteiger partial charge >= 0.3 is 6.18 Å². The summed E-state index contributed by atoms with van der Waals surface area (Å²) < 4.78 is 39.0. The van der Waals surface area contributed by atoms with Gasteiger partial charge in [0.15, 0.2) is 5.69 Å². The summed E-state index contributed by atoms with van der Waals surface area (Å²) in [4.78, 5) is 24.0. The van der Waals surface area contributed by atoms with Crippen molar-refractivity contribution in [1.29, 1.82) is 0 Å².